The Hall–Kier alpha value is -1.17. The quantitative estimate of drug-likeness (QED) is 0.940. The maximum Gasteiger partial charge on any atom is 0.175 e. The zero-order valence-corrected chi connectivity index (χ0v) is 11.9. The molecule has 0 saturated carbocycles. The van der Waals surface area contributed by atoms with E-state index in [-0.39, 0.29) is 6.04 Å². The van der Waals surface area contributed by atoms with Crippen molar-refractivity contribution in [2.45, 2.75) is 17.9 Å². The van der Waals surface area contributed by atoms with Crippen LogP contribution < -0.4 is 5.73 Å². The normalized spacial score (nSPS) is 13.5. The van der Waals surface area contributed by atoms with Crippen LogP contribution in [-0.4, -0.2) is 14.7 Å². The molecular formula is C13H15NO2S2. The number of thiophene rings is 1. The highest BCUT2D eigenvalue weighted by Crippen LogP contribution is 2.27. The van der Waals surface area contributed by atoms with E-state index in [1.807, 2.05) is 24.4 Å². The third-order valence-corrected chi connectivity index (χ3v) is 4.85. The van der Waals surface area contributed by atoms with Crippen molar-refractivity contribution < 1.29 is 8.42 Å². The maximum atomic E-state index is 11.5. The lowest BCUT2D eigenvalue weighted by molar-refractivity contribution is 0.601. The van der Waals surface area contributed by atoms with Crippen LogP contribution in [0.1, 0.15) is 22.0 Å². The minimum Gasteiger partial charge on any atom is -0.320 e. The van der Waals surface area contributed by atoms with E-state index < -0.39 is 9.84 Å². The summed E-state index contributed by atoms with van der Waals surface area (Å²) < 4.78 is 23.0. The molecule has 1 unspecified atom stereocenters. The zero-order valence-electron chi connectivity index (χ0n) is 10.3. The Morgan fingerprint density at radius 3 is 2.56 bits per heavy atom. The summed E-state index contributed by atoms with van der Waals surface area (Å²) in [4.78, 5) is 1.47. The van der Waals surface area contributed by atoms with Crippen LogP contribution in [0.4, 0.5) is 0 Å². The Bertz CT molecular complexity index is 659. The van der Waals surface area contributed by atoms with Crippen molar-refractivity contribution in [3.8, 4) is 0 Å². The Balaban J connectivity index is 2.44. The summed E-state index contributed by atoms with van der Waals surface area (Å²) in [6.07, 6.45) is 1.20. The van der Waals surface area contributed by atoms with Crippen LogP contribution in [0, 0.1) is 6.92 Å². The molecule has 0 bridgehead atoms. The minimum absolute atomic E-state index is 0.280. The second-order valence-corrected chi connectivity index (χ2v) is 7.39. The molecule has 0 aliphatic carbocycles. The van der Waals surface area contributed by atoms with Crippen LogP contribution in [0.25, 0.3) is 0 Å². The molecule has 1 aromatic heterocycles. The van der Waals surface area contributed by atoms with Gasteiger partial charge in [-0.2, -0.15) is 0 Å². The summed E-state index contributed by atoms with van der Waals surface area (Å²) in [6, 6.07) is 8.53. The molecule has 0 saturated heterocycles. The SMILES string of the molecule is Cc1sccc1C(N)c1cccc(S(C)(=O)=O)c1. The molecule has 0 fully saturated rings. The molecule has 3 nitrogen and oxygen atoms in total. The minimum atomic E-state index is -3.19. The van der Waals surface area contributed by atoms with Crippen LogP contribution in [0.5, 0.6) is 0 Å². The molecule has 96 valence electrons. The molecule has 2 aromatic rings. The second-order valence-electron chi connectivity index (χ2n) is 4.25. The van der Waals surface area contributed by atoms with Crippen molar-refractivity contribution in [1.82, 2.24) is 0 Å². The van der Waals surface area contributed by atoms with Gasteiger partial charge in [0.1, 0.15) is 0 Å². The highest BCUT2D eigenvalue weighted by molar-refractivity contribution is 7.90. The summed E-state index contributed by atoms with van der Waals surface area (Å²) in [5.41, 5.74) is 8.05. The van der Waals surface area contributed by atoms with Gasteiger partial charge in [-0.15, -0.1) is 11.3 Å². The fraction of sp³-hybridized carbons (Fsp3) is 0.231. The summed E-state index contributed by atoms with van der Waals surface area (Å²) in [6.45, 7) is 2.01. The monoisotopic (exact) mass is 281 g/mol. The standard InChI is InChI=1S/C13H15NO2S2/c1-9-12(6-7-17-9)13(14)10-4-3-5-11(8-10)18(2,15)16/h3-8,13H,14H2,1-2H3. The van der Waals surface area contributed by atoms with Crippen molar-refractivity contribution in [3.63, 3.8) is 0 Å². The molecule has 0 amide bonds. The molecule has 2 N–H and O–H groups in total. The largest absolute Gasteiger partial charge is 0.320 e. The summed E-state index contributed by atoms with van der Waals surface area (Å²) >= 11 is 1.64. The molecule has 18 heavy (non-hydrogen) atoms. The van der Waals surface area contributed by atoms with Gasteiger partial charge in [0.05, 0.1) is 10.9 Å². The molecule has 2 rings (SSSR count). The van der Waals surface area contributed by atoms with Gasteiger partial charge in [0, 0.05) is 11.1 Å². The summed E-state index contributed by atoms with van der Waals surface area (Å²) in [5, 5.41) is 1.99. The van der Waals surface area contributed by atoms with Gasteiger partial charge in [-0.05, 0) is 41.6 Å². The Kier molecular flexibility index (Phi) is 3.56. The third-order valence-electron chi connectivity index (χ3n) is 2.88. The first kappa shape index (κ1) is 13.3. The first-order valence-electron chi connectivity index (χ1n) is 5.49. The highest BCUT2D eigenvalue weighted by Gasteiger charge is 2.15. The number of nitrogens with two attached hydrogens (primary N) is 1. The average molecular weight is 281 g/mol. The molecule has 5 heteroatoms. The van der Waals surface area contributed by atoms with Gasteiger partial charge in [-0.3, -0.25) is 0 Å². The Labute approximate surface area is 111 Å². The first-order chi connectivity index (χ1) is 8.39. The lowest BCUT2D eigenvalue weighted by atomic mass is 10.0. The summed E-state index contributed by atoms with van der Waals surface area (Å²) in [7, 11) is -3.19. The predicted octanol–water partition coefficient (Wildman–Crippen LogP) is 2.51. The van der Waals surface area contributed by atoms with E-state index in [0.717, 1.165) is 16.0 Å². The van der Waals surface area contributed by atoms with Gasteiger partial charge in [-0.25, -0.2) is 8.42 Å². The summed E-state index contributed by atoms with van der Waals surface area (Å²) in [5.74, 6) is 0. The van der Waals surface area contributed by atoms with Crippen molar-refractivity contribution >= 4 is 21.2 Å². The van der Waals surface area contributed by atoms with Crippen molar-refractivity contribution in [3.05, 3.63) is 51.7 Å². The van der Waals surface area contributed by atoms with E-state index in [4.69, 9.17) is 5.73 Å². The molecular weight excluding hydrogens is 266 g/mol. The lowest BCUT2D eigenvalue weighted by Crippen LogP contribution is -2.12. The second kappa shape index (κ2) is 4.84. The maximum absolute atomic E-state index is 11.5. The zero-order chi connectivity index (χ0) is 13.3. The number of hydrogen-bond donors (Lipinski definition) is 1. The van der Waals surface area contributed by atoms with E-state index in [2.05, 4.69) is 0 Å². The van der Waals surface area contributed by atoms with Crippen LogP contribution in [-0.2, 0) is 9.84 Å². The van der Waals surface area contributed by atoms with Gasteiger partial charge < -0.3 is 5.73 Å². The van der Waals surface area contributed by atoms with E-state index in [9.17, 15) is 8.42 Å². The fourth-order valence-electron chi connectivity index (χ4n) is 1.84. The van der Waals surface area contributed by atoms with Crippen molar-refractivity contribution in [2.75, 3.05) is 6.26 Å². The van der Waals surface area contributed by atoms with Gasteiger partial charge in [0.2, 0.25) is 0 Å². The Morgan fingerprint density at radius 2 is 2.00 bits per heavy atom. The smallest absolute Gasteiger partial charge is 0.175 e. The van der Waals surface area contributed by atoms with Crippen LogP contribution in [0.15, 0.2) is 40.6 Å². The van der Waals surface area contributed by atoms with Crippen molar-refractivity contribution in [1.29, 1.82) is 0 Å². The van der Waals surface area contributed by atoms with Crippen LogP contribution in [0.2, 0.25) is 0 Å². The van der Waals surface area contributed by atoms with E-state index in [1.54, 1.807) is 29.5 Å². The number of benzene rings is 1. The van der Waals surface area contributed by atoms with Gasteiger partial charge in [-0.1, -0.05) is 12.1 Å². The highest BCUT2D eigenvalue weighted by atomic mass is 32.2. The molecule has 0 aliphatic rings. The molecule has 1 aromatic carbocycles. The van der Waals surface area contributed by atoms with E-state index in [1.165, 1.54) is 6.26 Å². The molecule has 0 radical (unpaired) electrons. The molecule has 1 atom stereocenters. The molecule has 0 aliphatic heterocycles. The van der Waals surface area contributed by atoms with Crippen LogP contribution in [0.3, 0.4) is 0 Å². The van der Waals surface area contributed by atoms with Gasteiger partial charge in [0.25, 0.3) is 0 Å². The fourth-order valence-corrected chi connectivity index (χ4v) is 3.26. The third kappa shape index (κ3) is 2.63. The predicted molar refractivity (Wildman–Crippen MR) is 74.6 cm³/mol. The topological polar surface area (TPSA) is 60.2 Å². The van der Waals surface area contributed by atoms with E-state index >= 15 is 0 Å². The van der Waals surface area contributed by atoms with E-state index in [0.29, 0.717) is 4.90 Å². The first-order valence-corrected chi connectivity index (χ1v) is 8.26. The van der Waals surface area contributed by atoms with Gasteiger partial charge >= 0.3 is 0 Å². The molecule has 1 heterocycles. The Morgan fingerprint density at radius 1 is 1.28 bits per heavy atom. The van der Waals surface area contributed by atoms with Crippen LogP contribution >= 0.6 is 11.3 Å². The van der Waals surface area contributed by atoms with Crippen molar-refractivity contribution in [2.24, 2.45) is 5.73 Å². The number of sulfone groups is 1. The average Bonchev–Trinajstić information content (AvgIpc) is 2.73. The molecule has 0 spiro atoms. The number of rotatable bonds is 3. The number of aryl methyl sites for hydroxylation is 1. The van der Waals surface area contributed by atoms with Gasteiger partial charge in [0.15, 0.2) is 9.84 Å². The lowest BCUT2D eigenvalue weighted by Gasteiger charge is -2.13. The number of hydrogen-bond acceptors (Lipinski definition) is 4.